The molecule has 2 aromatic rings. The van der Waals surface area contributed by atoms with Gasteiger partial charge in [0.2, 0.25) is 5.91 Å². The van der Waals surface area contributed by atoms with Crippen molar-refractivity contribution < 1.29 is 24.2 Å². The third kappa shape index (κ3) is 5.14. The highest BCUT2D eigenvalue weighted by atomic mass is 16.5. The van der Waals surface area contributed by atoms with Gasteiger partial charge in [0.1, 0.15) is 12.6 Å². The maximum absolute atomic E-state index is 12.8. The van der Waals surface area contributed by atoms with Gasteiger partial charge in [-0.25, -0.2) is 4.79 Å². The zero-order valence-electron chi connectivity index (χ0n) is 19.2. The highest BCUT2D eigenvalue weighted by Crippen LogP contribution is 2.44. The predicted molar refractivity (Wildman–Crippen MR) is 128 cm³/mol. The highest BCUT2D eigenvalue weighted by molar-refractivity contribution is 5.86. The van der Waals surface area contributed by atoms with E-state index in [1.165, 1.54) is 0 Å². The molecule has 2 aliphatic rings. The first-order chi connectivity index (χ1) is 16.5. The fraction of sp³-hybridized carbons (Fsp3) is 0.370. The van der Waals surface area contributed by atoms with E-state index in [-0.39, 0.29) is 24.5 Å². The molecule has 0 aromatic heterocycles. The van der Waals surface area contributed by atoms with E-state index in [0.29, 0.717) is 25.7 Å². The van der Waals surface area contributed by atoms with E-state index < -0.39 is 24.0 Å². The predicted octanol–water partition coefficient (Wildman–Crippen LogP) is 4.23. The van der Waals surface area contributed by atoms with Gasteiger partial charge in [0.15, 0.2) is 0 Å². The summed E-state index contributed by atoms with van der Waals surface area (Å²) in [4.78, 5) is 36.8. The van der Waals surface area contributed by atoms with Crippen LogP contribution in [0.1, 0.15) is 49.7 Å². The largest absolute Gasteiger partial charge is 0.481 e. The van der Waals surface area contributed by atoms with Gasteiger partial charge >= 0.3 is 12.1 Å². The lowest BCUT2D eigenvalue weighted by atomic mass is 9.91. The Labute approximate surface area is 199 Å². The normalized spacial score (nSPS) is 19.6. The van der Waals surface area contributed by atoms with Crippen LogP contribution in [0.15, 0.2) is 60.7 Å². The number of carbonyl (C=O) groups excluding carboxylic acids is 2. The van der Waals surface area contributed by atoms with E-state index >= 15 is 0 Å². The number of nitrogens with one attached hydrogen (secondary N) is 2. The molecule has 0 heterocycles. The van der Waals surface area contributed by atoms with Crippen LogP contribution in [0.4, 0.5) is 4.79 Å². The average molecular weight is 463 g/mol. The molecule has 0 spiro atoms. The quantitative estimate of drug-likeness (QED) is 0.509. The first-order valence-corrected chi connectivity index (χ1v) is 11.8. The van der Waals surface area contributed by atoms with E-state index in [0.717, 1.165) is 22.3 Å². The summed E-state index contributed by atoms with van der Waals surface area (Å²) in [5, 5.41) is 14.8. The Bertz CT molecular complexity index is 1050. The van der Waals surface area contributed by atoms with E-state index in [4.69, 9.17) is 4.74 Å². The summed E-state index contributed by atoms with van der Waals surface area (Å²) in [5.74, 6) is -1.78. The molecule has 0 saturated carbocycles. The van der Waals surface area contributed by atoms with E-state index in [2.05, 4.69) is 34.9 Å². The van der Waals surface area contributed by atoms with Gasteiger partial charge in [-0.2, -0.15) is 0 Å². The molecule has 0 aliphatic heterocycles. The summed E-state index contributed by atoms with van der Waals surface area (Å²) in [5.41, 5.74) is 4.54. The van der Waals surface area contributed by atoms with Crippen molar-refractivity contribution in [3.63, 3.8) is 0 Å². The number of allylic oxidation sites excluding steroid dienone is 1. The number of rotatable bonds is 8. The molecule has 2 aromatic carbocycles. The molecule has 2 unspecified atom stereocenters. The van der Waals surface area contributed by atoms with Crippen molar-refractivity contribution in [1.82, 2.24) is 10.6 Å². The van der Waals surface area contributed by atoms with Gasteiger partial charge in [-0.1, -0.05) is 74.0 Å². The number of ether oxygens (including phenoxy) is 1. The number of aliphatic carboxylic acids is 1. The molecule has 3 atom stereocenters. The van der Waals surface area contributed by atoms with E-state index in [1.807, 2.05) is 37.3 Å². The van der Waals surface area contributed by atoms with Crippen molar-refractivity contribution in [3.05, 3.63) is 71.8 Å². The third-order valence-corrected chi connectivity index (χ3v) is 6.53. The van der Waals surface area contributed by atoms with Gasteiger partial charge in [-0.15, -0.1) is 0 Å². The van der Waals surface area contributed by atoms with Crippen LogP contribution in [0.3, 0.4) is 0 Å². The van der Waals surface area contributed by atoms with Crippen LogP contribution in [0.5, 0.6) is 0 Å². The van der Waals surface area contributed by atoms with Crippen LogP contribution in [-0.4, -0.2) is 41.8 Å². The Morgan fingerprint density at radius 3 is 2.32 bits per heavy atom. The number of carboxylic acids is 1. The molecule has 3 N–H and O–H groups in total. The van der Waals surface area contributed by atoms with Crippen LogP contribution in [0, 0.1) is 5.92 Å². The second-order valence-corrected chi connectivity index (χ2v) is 8.86. The van der Waals surface area contributed by atoms with Crippen molar-refractivity contribution in [2.75, 3.05) is 6.61 Å². The van der Waals surface area contributed by atoms with Crippen LogP contribution in [-0.2, 0) is 14.3 Å². The van der Waals surface area contributed by atoms with Crippen LogP contribution >= 0.6 is 0 Å². The number of hydrogen-bond acceptors (Lipinski definition) is 4. The first-order valence-electron chi connectivity index (χ1n) is 11.8. The van der Waals surface area contributed by atoms with E-state index in [1.54, 1.807) is 6.08 Å². The lowest BCUT2D eigenvalue weighted by molar-refractivity contribution is -0.142. The summed E-state index contributed by atoms with van der Waals surface area (Å²) in [6.07, 6.45) is 4.89. The molecular formula is C27H30N2O5. The summed E-state index contributed by atoms with van der Waals surface area (Å²) in [6, 6.07) is 15.1. The number of carboxylic acid groups (broad SMARTS) is 1. The zero-order chi connectivity index (χ0) is 24.1. The Hall–Kier alpha value is -3.61. The number of hydrogen-bond donors (Lipinski definition) is 3. The smallest absolute Gasteiger partial charge is 0.407 e. The number of fused-ring (bicyclic) bond motifs is 3. The molecule has 0 fully saturated rings. The molecule has 7 nitrogen and oxygen atoms in total. The monoisotopic (exact) mass is 462 g/mol. The lowest BCUT2D eigenvalue weighted by Crippen LogP contribution is -2.50. The average Bonchev–Trinajstić information content (AvgIpc) is 3.16. The van der Waals surface area contributed by atoms with Crippen LogP contribution in [0.2, 0.25) is 0 Å². The molecular weight excluding hydrogens is 432 g/mol. The minimum absolute atomic E-state index is 0.0584. The minimum Gasteiger partial charge on any atom is -0.481 e. The first kappa shape index (κ1) is 23.5. The molecule has 2 amide bonds. The number of carbonyl (C=O) groups is 3. The van der Waals surface area contributed by atoms with Crippen molar-refractivity contribution in [2.24, 2.45) is 5.92 Å². The van der Waals surface area contributed by atoms with Crippen molar-refractivity contribution in [2.45, 2.75) is 50.6 Å². The van der Waals surface area contributed by atoms with Gasteiger partial charge in [0, 0.05) is 12.0 Å². The van der Waals surface area contributed by atoms with E-state index in [9.17, 15) is 19.5 Å². The highest BCUT2D eigenvalue weighted by Gasteiger charge is 2.30. The molecule has 178 valence electrons. The zero-order valence-corrected chi connectivity index (χ0v) is 19.2. The number of alkyl carbamates (subject to hydrolysis) is 1. The van der Waals surface area contributed by atoms with Gasteiger partial charge < -0.3 is 20.5 Å². The third-order valence-electron chi connectivity index (χ3n) is 6.53. The van der Waals surface area contributed by atoms with Gasteiger partial charge in [-0.05, 0) is 41.5 Å². The Morgan fingerprint density at radius 1 is 1.06 bits per heavy atom. The fourth-order valence-electron chi connectivity index (χ4n) is 4.82. The summed E-state index contributed by atoms with van der Waals surface area (Å²) in [7, 11) is 0. The number of benzene rings is 2. The topological polar surface area (TPSA) is 105 Å². The van der Waals surface area contributed by atoms with Gasteiger partial charge in [0.05, 0.1) is 5.92 Å². The second-order valence-electron chi connectivity index (χ2n) is 8.86. The summed E-state index contributed by atoms with van der Waals surface area (Å²) in [6.45, 7) is 2.10. The van der Waals surface area contributed by atoms with Crippen molar-refractivity contribution in [1.29, 1.82) is 0 Å². The summed E-state index contributed by atoms with van der Waals surface area (Å²) >= 11 is 0. The molecule has 0 saturated heterocycles. The maximum atomic E-state index is 12.8. The minimum atomic E-state index is -0.870. The fourth-order valence-corrected chi connectivity index (χ4v) is 4.82. The molecule has 0 radical (unpaired) electrons. The summed E-state index contributed by atoms with van der Waals surface area (Å²) < 4.78 is 5.58. The van der Waals surface area contributed by atoms with Crippen molar-refractivity contribution in [3.8, 4) is 11.1 Å². The van der Waals surface area contributed by atoms with Crippen LogP contribution < -0.4 is 10.6 Å². The Morgan fingerprint density at radius 2 is 1.71 bits per heavy atom. The Kier molecular flexibility index (Phi) is 7.30. The lowest BCUT2D eigenvalue weighted by Gasteiger charge is -2.25. The van der Waals surface area contributed by atoms with Gasteiger partial charge in [-0.3, -0.25) is 9.59 Å². The molecule has 2 aliphatic carbocycles. The maximum Gasteiger partial charge on any atom is 0.407 e. The van der Waals surface area contributed by atoms with Crippen LogP contribution in [0.25, 0.3) is 11.1 Å². The molecule has 34 heavy (non-hydrogen) atoms. The van der Waals surface area contributed by atoms with Gasteiger partial charge in [0.25, 0.3) is 0 Å². The molecule has 0 bridgehead atoms. The molecule has 4 rings (SSSR count). The SMILES string of the molecule is CCC[C@H](NC(=O)OCC1c2ccccc2-c2ccccc21)C(=O)NC1C=CCC(C(=O)O)C1. The van der Waals surface area contributed by atoms with Crippen molar-refractivity contribution >= 4 is 18.0 Å². The number of amides is 2. The standard InChI is InChI=1S/C27H30N2O5/c1-2-8-24(25(30)28-18-10-7-9-17(15-18)26(31)32)29-27(33)34-16-23-21-13-5-3-11-19(21)20-12-4-6-14-22(20)23/h3-7,10-14,17-18,23-24H,2,8-9,15-16H2,1H3,(H,28,30)(H,29,33)(H,31,32)/t17?,18?,24-/m0/s1. The second kappa shape index (κ2) is 10.5. The Balaban J connectivity index is 1.36. The molecule has 7 heteroatoms.